The summed E-state index contributed by atoms with van der Waals surface area (Å²) < 4.78 is 0. The summed E-state index contributed by atoms with van der Waals surface area (Å²) >= 11 is 0. The molecule has 29 heavy (non-hydrogen) atoms. The monoisotopic (exact) mass is 521 g/mol. The number of halogens is 1. The Morgan fingerprint density at radius 2 is 1.69 bits per heavy atom. The van der Waals surface area contributed by atoms with Crippen LogP contribution >= 0.6 is 24.0 Å². The average Bonchev–Trinajstić information content (AvgIpc) is 2.73. The summed E-state index contributed by atoms with van der Waals surface area (Å²) in [6, 6.07) is 0.509. The minimum atomic E-state index is 0. The minimum Gasteiger partial charge on any atom is -0.357 e. The third-order valence-corrected chi connectivity index (χ3v) is 6.52. The maximum atomic E-state index is 4.82. The van der Waals surface area contributed by atoms with E-state index in [-0.39, 0.29) is 24.0 Å². The van der Waals surface area contributed by atoms with E-state index in [1.165, 1.54) is 97.1 Å². The van der Waals surface area contributed by atoms with Gasteiger partial charge in [0.2, 0.25) is 0 Å². The second kappa shape index (κ2) is 16.6. The van der Waals surface area contributed by atoms with E-state index in [1.807, 2.05) is 0 Å². The van der Waals surface area contributed by atoms with Gasteiger partial charge in [0.15, 0.2) is 5.96 Å². The lowest BCUT2D eigenvalue weighted by atomic mass is 9.85. The predicted molar refractivity (Wildman–Crippen MR) is 138 cm³/mol. The fourth-order valence-electron chi connectivity index (χ4n) is 4.55. The molecule has 1 aliphatic heterocycles. The fraction of sp³-hybridized carbons (Fsp3) is 0.957. The van der Waals surface area contributed by atoms with Crippen LogP contribution in [0.3, 0.4) is 0 Å². The van der Waals surface area contributed by atoms with Crippen LogP contribution in [0.25, 0.3) is 0 Å². The average molecular weight is 522 g/mol. The van der Waals surface area contributed by atoms with Gasteiger partial charge in [-0.3, -0.25) is 4.99 Å². The van der Waals surface area contributed by atoms with Gasteiger partial charge in [-0.05, 0) is 58.5 Å². The van der Waals surface area contributed by atoms with Gasteiger partial charge in [-0.2, -0.15) is 0 Å². The molecule has 0 radical (unpaired) electrons. The van der Waals surface area contributed by atoms with Gasteiger partial charge in [-0.25, -0.2) is 0 Å². The molecule has 5 nitrogen and oxygen atoms in total. The molecule has 1 aliphatic carbocycles. The van der Waals surface area contributed by atoms with Gasteiger partial charge in [-0.15, -0.1) is 24.0 Å². The summed E-state index contributed by atoms with van der Waals surface area (Å²) in [7, 11) is 0. The van der Waals surface area contributed by atoms with Crippen LogP contribution in [-0.4, -0.2) is 74.2 Å². The zero-order valence-corrected chi connectivity index (χ0v) is 21.8. The molecule has 0 aromatic carbocycles. The molecule has 0 amide bonds. The highest BCUT2D eigenvalue weighted by Gasteiger charge is 2.16. The lowest BCUT2D eigenvalue weighted by Gasteiger charge is -2.33. The van der Waals surface area contributed by atoms with Crippen LogP contribution < -0.4 is 10.6 Å². The molecule has 0 spiro atoms. The van der Waals surface area contributed by atoms with Gasteiger partial charge in [0.1, 0.15) is 0 Å². The Labute approximate surface area is 197 Å². The molecule has 2 aliphatic rings. The van der Waals surface area contributed by atoms with E-state index in [9.17, 15) is 0 Å². The number of piperazine rings is 1. The van der Waals surface area contributed by atoms with Crippen molar-refractivity contribution in [2.75, 3.05) is 52.4 Å². The van der Waals surface area contributed by atoms with Gasteiger partial charge in [0, 0.05) is 45.3 Å². The number of nitrogens with one attached hydrogen (secondary N) is 2. The molecule has 1 saturated carbocycles. The van der Waals surface area contributed by atoms with E-state index in [2.05, 4.69) is 41.2 Å². The molecule has 1 atom stereocenters. The Bertz CT molecular complexity index is 417. The number of likely N-dealkylation sites (N-methyl/N-ethyl adjacent to an activating group) is 1. The lowest BCUT2D eigenvalue weighted by molar-refractivity contribution is 0.136. The molecular weight excluding hydrogens is 473 g/mol. The van der Waals surface area contributed by atoms with E-state index in [4.69, 9.17) is 4.99 Å². The van der Waals surface area contributed by atoms with Gasteiger partial charge in [-0.1, -0.05) is 39.0 Å². The number of unbranched alkanes of at least 4 members (excludes halogenated alkanes) is 1. The molecule has 2 fully saturated rings. The van der Waals surface area contributed by atoms with Crippen LogP contribution in [0.4, 0.5) is 0 Å². The maximum Gasteiger partial charge on any atom is 0.191 e. The van der Waals surface area contributed by atoms with Crippen molar-refractivity contribution in [1.29, 1.82) is 0 Å². The van der Waals surface area contributed by atoms with Crippen molar-refractivity contribution in [3.63, 3.8) is 0 Å². The van der Waals surface area contributed by atoms with Crippen molar-refractivity contribution in [2.24, 2.45) is 10.9 Å². The third kappa shape index (κ3) is 11.8. The first-order chi connectivity index (χ1) is 13.7. The summed E-state index contributed by atoms with van der Waals surface area (Å²) in [5.41, 5.74) is 0. The normalized spacial score (nSPS) is 20.9. The van der Waals surface area contributed by atoms with E-state index >= 15 is 0 Å². The molecule has 2 rings (SSSR count). The second-order valence-corrected chi connectivity index (χ2v) is 8.87. The maximum absolute atomic E-state index is 4.82. The molecule has 0 aromatic rings. The van der Waals surface area contributed by atoms with Crippen LogP contribution in [0, 0.1) is 5.92 Å². The van der Waals surface area contributed by atoms with E-state index in [0.29, 0.717) is 6.04 Å². The highest BCUT2D eigenvalue weighted by Crippen LogP contribution is 2.27. The Kier molecular flexibility index (Phi) is 15.4. The summed E-state index contributed by atoms with van der Waals surface area (Å²) in [5.74, 6) is 1.98. The van der Waals surface area contributed by atoms with Crippen molar-refractivity contribution in [3.8, 4) is 0 Å². The van der Waals surface area contributed by atoms with Crippen LogP contribution in [0.2, 0.25) is 0 Å². The number of guanidine groups is 1. The minimum absolute atomic E-state index is 0. The summed E-state index contributed by atoms with van der Waals surface area (Å²) in [6.45, 7) is 16.0. The first-order valence-electron chi connectivity index (χ1n) is 12.2. The molecule has 1 unspecified atom stereocenters. The second-order valence-electron chi connectivity index (χ2n) is 8.87. The van der Waals surface area contributed by atoms with Crippen LogP contribution in [0.5, 0.6) is 0 Å². The van der Waals surface area contributed by atoms with Gasteiger partial charge in [0.25, 0.3) is 0 Å². The van der Waals surface area contributed by atoms with Crippen molar-refractivity contribution in [2.45, 2.75) is 84.6 Å². The third-order valence-electron chi connectivity index (χ3n) is 6.52. The summed E-state index contributed by atoms with van der Waals surface area (Å²) in [4.78, 5) is 9.99. The standard InChI is InChI=1S/C23H47N5.HI/c1-4-24-23(26-21(3)13-14-22-11-7-6-8-12-22)25-15-9-10-16-28-19-17-27(5-2)18-20-28;/h21-22H,4-20H2,1-3H3,(H2,24,25,26);1H. The van der Waals surface area contributed by atoms with Gasteiger partial charge in [0.05, 0.1) is 0 Å². The number of rotatable bonds is 11. The zero-order chi connectivity index (χ0) is 20.0. The SMILES string of the molecule is CCNC(=NCCCCN1CCN(CC)CC1)NC(C)CCC1CCCCC1.I. The van der Waals surface area contributed by atoms with E-state index in [1.54, 1.807) is 0 Å². The fourth-order valence-corrected chi connectivity index (χ4v) is 4.55. The van der Waals surface area contributed by atoms with Crippen LogP contribution in [0.15, 0.2) is 4.99 Å². The molecule has 0 aromatic heterocycles. The molecule has 172 valence electrons. The highest BCUT2D eigenvalue weighted by molar-refractivity contribution is 14.0. The van der Waals surface area contributed by atoms with Crippen LogP contribution in [0.1, 0.15) is 78.6 Å². The first-order valence-corrected chi connectivity index (χ1v) is 12.2. The summed E-state index contributed by atoms with van der Waals surface area (Å²) in [5, 5.41) is 7.06. The molecule has 1 saturated heterocycles. The number of hydrogen-bond donors (Lipinski definition) is 2. The summed E-state index contributed by atoms with van der Waals surface area (Å²) in [6.07, 6.45) is 12.3. The smallest absolute Gasteiger partial charge is 0.191 e. The van der Waals surface area contributed by atoms with Gasteiger partial charge >= 0.3 is 0 Å². The van der Waals surface area contributed by atoms with Crippen molar-refractivity contribution in [3.05, 3.63) is 0 Å². The molecule has 2 N–H and O–H groups in total. The van der Waals surface area contributed by atoms with E-state index < -0.39 is 0 Å². The van der Waals surface area contributed by atoms with Crippen molar-refractivity contribution >= 4 is 29.9 Å². The molecular formula is C23H48IN5. The number of nitrogens with zero attached hydrogens (tertiary/aromatic N) is 3. The highest BCUT2D eigenvalue weighted by atomic mass is 127. The Morgan fingerprint density at radius 1 is 1.00 bits per heavy atom. The number of hydrogen-bond acceptors (Lipinski definition) is 3. The van der Waals surface area contributed by atoms with Crippen molar-refractivity contribution in [1.82, 2.24) is 20.4 Å². The zero-order valence-electron chi connectivity index (χ0n) is 19.4. The Morgan fingerprint density at radius 3 is 2.34 bits per heavy atom. The Balaban J connectivity index is 0.00000420. The lowest BCUT2D eigenvalue weighted by Crippen LogP contribution is -2.46. The number of aliphatic imine (C=N–C) groups is 1. The molecule has 1 heterocycles. The topological polar surface area (TPSA) is 42.9 Å². The Hall–Kier alpha value is -0.0800. The largest absolute Gasteiger partial charge is 0.357 e. The molecule has 6 heteroatoms. The predicted octanol–water partition coefficient (Wildman–Crippen LogP) is 4.33. The van der Waals surface area contributed by atoms with Crippen LogP contribution in [-0.2, 0) is 0 Å². The first kappa shape index (κ1) is 27.0. The molecule has 0 bridgehead atoms. The van der Waals surface area contributed by atoms with E-state index in [0.717, 1.165) is 25.0 Å². The quantitative estimate of drug-likeness (QED) is 0.184. The van der Waals surface area contributed by atoms with Crippen molar-refractivity contribution < 1.29 is 0 Å². The van der Waals surface area contributed by atoms with Gasteiger partial charge < -0.3 is 20.4 Å².